The van der Waals surface area contributed by atoms with E-state index in [1.54, 1.807) is 4.90 Å². The monoisotopic (exact) mass is 433 g/mol. The Hall–Kier alpha value is -2.93. The van der Waals surface area contributed by atoms with Crippen LogP contribution in [-0.2, 0) is 12.8 Å². The van der Waals surface area contributed by atoms with Crippen LogP contribution < -0.4 is 10.6 Å². The van der Waals surface area contributed by atoms with Gasteiger partial charge in [0.15, 0.2) is 5.82 Å². The van der Waals surface area contributed by atoms with E-state index in [2.05, 4.69) is 23.1 Å². The molecule has 2 aromatic heterocycles. The molecule has 31 heavy (non-hydrogen) atoms. The van der Waals surface area contributed by atoms with Crippen LogP contribution in [0.5, 0.6) is 0 Å². The van der Waals surface area contributed by atoms with Gasteiger partial charge in [-0.05, 0) is 49.3 Å². The van der Waals surface area contributed by atoms with Gasteiger partial charge in [-0.15, -0.1) is 11.3 Å². The van der Waals surface area contributed by atoms with Crippen LogP contribution in [0.2, 0.25) is 0 Å². The van der Waals surface area contributed by atoms with Crippen LogP contribution in [0.4, 0.5) is 10.6 Å². The highest BCUT2D eigenvalue weighted by atomic mass is 32.1. The Balaban J connectivity index is 1.56. The summed E-state index contributed by atoms with van der Waals surface area (Å²) in [5.41, 5.74) is 8.11. The number of fused-ring (bicyclic) bond motifs is 3. The molecule has 1 aliphatic heterocycles. The number of nitrogens with zero attached hydrogens (tertiary/aromatic N) is 4. The van der Waals surface area contributed by atoms with Gasteiger partial charge in [0.2, 0.25) is 0 Å². The molecule has 6 nitrogen and oxygen atoms in total. The molecule has 160 valence electrons. The molecule has 1 saturated heterocycles. The van der Waals surface area contributed by atoms with Gasteiger partial charge in [-0.1, -0.05) is 36.4 Å². The number of hydrogen-bond acceptors (Lipinski definition) is 5. The van der Waals surface area contributed by atoms with Crippen molar-refractivity contribution in [1.82, 2.24) is 14.9 Å². The maximum absolute atomic E-state index is 11.7. The first-order chi connectivity index (χ1) is 15.2. The van der Waals surface area contributed by atoms with Crippen molar-refractivity contribution >= 4 is 45.6 Å². The number of nitrogens with two attached hydrogens (primary N) is 1. The second-order valence-electron chi connectivity index (χ2n) is 8.21. The topological polar surface area (TPSA) is 75.4 Å². The number of carbonyl (C=O) groups excluding carboxylic acids is 1. The molecular weight excluding hydrogens is 406 g/mol. The van der Waals surface area contributed by atoms with Gasteiger partial charge in [0.1, 0.15) is 10.6 Å². The third-order valence-corrected chi connectivity index (χ3v) is 7.33. The number of hydrogen-bond donors (Lipinski definition) is 1. The van der Waals surface area contributed by atoms with Gasteiger partial charge in [-0.3, -0.25) is 0 Å². The quantitative estimate of drug-likeness (QED) is 0.667. The van der Waals surface area contributed by atoms with Crippen molar-refractivity contribution in [3.8, 4) is 0 Å². The summed E-state index contributed by atoms with van der Waals surface area (Å²) in [6.07, 6.45) is 9.67. The Kier molecular flexibility index (Phi) is 5.59. The Morgan fingerprint density at radius 2 is 1.81 bits per heavy atom. The second kappa shape index (κ2) is 8.67. The summed E-state index contributed by atoms with van der Waals surface area (Å²) in [7, 11) is 0. The standard InChI is InChI=1S/C24H27N5OS/c25-24(30)29-14-6-13-28(15-16-29)22-21-18-9-4-5-10-19(18)31-23(21)27-20(26-22)12-11-17-7-2-1-3-8-17/h1-3,7-8,11-12H,4-6,9-10,13-16H2,(H2,25,30). The highest BCUT2D eigenvalue weighted by Crippen LogP contribution is 2.40. The summed E-state index contributed by atoms with van der Waals surface area (Å²) < 4.78 is 0. The molecule has 1 aliphatic carbocycles. The lowest BCUT2D eigenvalue weighted by molar-refractivity contribution is 0.211. The molecule has 1 aromatic carbocycles. The minimum atomic E-state index is -0.339. The molecule has 0 bridgehead atoms. The molecule has 7 heteroatoms. The maximum atomic E-state index is 11.7. The highest BCUT2D eigenvalue weighted by Gasteiger charge is 2.25. The molecule has 0 radical (unpaired) electrons. The molecule has 0 atom stereocenters. The number of amides is 2. The van der Waals surface area contributed by atoms with E-state index in [0.29, 0.717) is 13.1 Å². The molecule has 0 unspecified atom stereocenters. The lowest BCUT2D eigenvalue weighted by atomic mass is 9.97. The number of benzene rings is 1. The van der Waals surface area contributed by atoms with Gasteiger partial charge >= 0.3 is 6.03 Å². The predicted octanol–water partition coefficient (Wildman–Crippen LogP) is 4.33. The van der Waals surface area contributed by atoms with E-state index in [1.165, 1.54) is 28.7 Å². The number of aryl methyl sites for hydroxylation is 2. The van der Waals surface area contributed by atoms with Crippen molar-refractivity contribution in [1.29, 1.82) is 0 Å². The normalized spacial score (nSPS) is 17.2. The van der Waals surface area contributed by atoms with E-state index < -0.39 is 0 Å². The van der Waals surface area contributed by atoms with E-state index in [9.17, 15) is 4.79 Å². The Morgan fingerprint density at radius 3 is 2.65 bits per heavy atom. The number of primary amides is 1. The van der Waals surface area contributed by atoms with Crippen molar-refractivity contribution < 1.29 is 4.79 Å². The van der Waals surface area contributed by atoms with Gasteiger partial charge in [0.25, 0.3) is 0 Å². The third-order valence-electron chi connectivity index (χ3n) is 6.14. The Morgan fingerprint density at radius 1 is 0.968 bits per heavy atom. The SMILES string of the molecule is NC(=O)N1CCCN(c2nc(C=Cc3ccccc3)nc3sc4c(c23)CCCC4)CC1. The summed E-state index contributed by atoms with van der Waals surface area (Å²) in [6, 6.07) is 9.89. The average Bonchev–Trinajstić information content (AvgIpc) is 2.98. The Labute approximate surface area is 186 Å². The summed E-state index contributed by atoms with van der Waals surface area (Å²) >= 11 is 1.83. The molecule has 2 N–H and O–H groups in total. The number of urea groups is 1. The fourth-order valence-corrected chi connectivity index (χ4v) is 5.81. The van der Waals surface area contributed by atoms with Gasteiger partial charge in [0.05, 0.1) is 5.39 Å². The third kappa shape index (κ3) is 4.14. The lowest BCUT2D eigenvalue weighted by Crippen LogP contribution is -2.38. The minimum absolute atomic E-state index is 0.339. The van der Waals surface area contributed by atoms with E-state index in [4.69, 9.17) is 15.7 Å². The van der Waals surface area contributed by atoms with E-state index in [0.717, 1.165) is 54.4 Å². The van der Waals surface area contributed by atoms with Crippen molar-refractivity contribution in [2.24, 2.45) is 5.73 Å². The second-order valence-corrected chi connectivity index (χ2v) is 9.29. The molecule has 0 spiro atoms. The fourth-order valence-electron chi connectivity index (χ4n) is 4.54. The molecule has 3 aromatic rings. The van der Waals surface area contributed by atoms with E-state index >= 15 is 0 Å². The Bertz CT molecular complexity index is 1120. The van der Waals surface area contributed by atoms with Crippen LogP contribution in [0, 0.1) is 0 Å². The predicted molar refractivity (Wildman–Crippen MR) is 127 cm³/mol. The summed E-state index contributed by atoms with van der Waals surface area (Å²) in [4.78, 5) is 28.3. The number of carbonyl (C=O) groups is 1. The van der Waals surface area contributed by atoms with Crippen LogP contribution in [0.15, 0.2) is 30.3 Å². The zero-order valence-corrected chi connectivity index (χ0v) is 18.4. The molecule has 1 fully saturated rings. The van der Waals surface area contributed by atoms with Gasteiger partial charge in [0, 0.05) is 31.1 Å². The fraction of sp³-hybridized carbons (Fsp3) is 0.375. The number of rotatable bonds is 3. The number of thiophene rings is 1. The first-order valence-electron chi connectivity index (χ1n) is 11.0. The summed E-state index contributed by atoms with van der Waals surface area (Å²) in [5, 5.41) is 1.23. The largest absolute Gasteiger partial charge is 0.354 e. The van der Waals surface area contributed by atoms with Crippen molar-refractivity contribution in [3.63, 3.8) is 0 Å². The molecule has 3 heterocycles. The van der Waals surface area contributed by atoms with Gasteiger partial charge < -0.3 is 15.5 Å². The lowest BCUT2D eigenvalue weighted by Gasteiger charge is -2.24. The first kappa shape index (κ1) is 20.0. The van der Waals surface area contributed by atoms with Crippen LogP contribution in [0.25, 0.3) is 22.4 Å². The molecule has 5 rings (SSSR count). The molecule has 0 saturated carbocycles. The van der Waals surface area contributed by atoms with Crippen molar-refractivity contribution in [3.05, 3.63) is 52.2 Å². The summed E-state index contributed by atoms with van der Waals surface area (Å²) in [6.45, 7) is 2.93. The average molecular weight is 434 g/mol. The van der Waals surface area contributed by atoms with Crippen LogP contribution in [0.1, 0.15) is 41.1 Å². The van der Waals surface area contributed by atoms with Gasteiger partial charge in [-0.2, -0.15) is 0 Å². The van der Waals surface area contributed by atoms with Crippen molar-refractivity contribution in [2.75, 3.05) is 31.1 Å². The van der Waals surface area contributed by atoms with Crippen LogP contribution in [0.3, 0.4) is 0 Å². The number of aromatic nitrogens is 2. The van der Waals surface area contributed by atoms with Crippen LogP contribution >= 0.6 is 11.3 Å². The molecular formula is C24H27N5OS. The maximum Gasteiger partial charge on any atom is 0.314 e. The van der Waals surface area contributed by atoms with Crippen LogP contribution in [-0.4, -0.2) is 47.1 Å². The van der Waals surface area contributed by atoms with Gasteiger partial charge in [-0.25, -0.2) is 14.8 Å². The smallest absolute Gasteiger partial charge is 0.314 e. The van der Waals surface area contributed by atoms with Crippen molar-refractivity contribution in [2.45, 2.75) is 32.1 Å². The number of anilines is 1. The zero-order valence-electron chi connectivity index (χ0n) is 17.6. The zero-order chi connectivity index (χ0) is 21.2. The molecule has 2 amide bonds. The van der Waals surface area contributed by atoms with E-state index in [1.807, 2.05) is 35.6 Å². The van der Waals surface area contributed by atoms with E-state index in [-0.39, 0.29) is 6.03 Å². The first-order valence-corrected chi connectivity index (χ1v) is 11.9. The molecule has 2 aliphatic rings. The highest BCUT2D eigenvalue weighted by molar-refractivity contribution is 7.19. The minimum Gasteiger partial charge on any atom is -0.354 e. The summed E-state index contributed by atoms with van der Waals surface area (Å²) in [5.74, 6) is 1.75.